The Morgan fingerprint density at radius 2 is 1.68 bits per heavy atom. The van der Waals surface area contributed by atoms with E-state index in [1.54, 1.807) is 6.33 Å². The fourth-order valence-corrected chi connectivity index (χ4v) is 6.36. The fourth-order valence-electron chi connectivity index (χ4n) is 6.36. The van der Waals surface area contributed by atoms with Gasteiger partial charge in [0.05, 0.1) is 29.1 Å². The summed E-state index contributed by atoms with van der Waals surface area (Å²) in [6.07, 6.45) is 8.02. The van der Waals surface area contributed by atoms with Crippen LogP contribution in [0.15, 0.2) is 61.1 Å². The van der Waals surface area contributed by atoms with Gasteiger partial charge in [-0.25, -0.2) is 0 Å². The average molecular weight is 506 g/mol. The summed E-state index contributed by atoms with van der Waals surface area (Å²) < 4.78 is 4.36. The maximum Gasteiger partial charge on any atom is 0.185 e. The first-order chi connectivity index (χ1) is 18.7. The first kappa shape index (κ1) is 23.2. The van der Waals surface area contributed by atoms with E-state index >= 15 is 0 Å². The Bertz CT molecular complexity index is 1500. The van der Waals surface area contributed by atoms with Crippen molar-refractivity contribution in [3.63, 3.8) is 0 Å². The Morgan fingerprint density at radius 3 is 2.45 bits per heavy atom. The summed E-state index contributed by atoms with van der Waals surface area (Å²) in [5, 5.41) is 27.7. The van der Waals surface area contributed by atoms with Gasteiger partial charge in [-0.3, -0.25) is 4.57 Å². The first-order valence-corrected chi connectivity index (χ1v) is 13.6. The maximum absolute atomic E-state index is 9.86. The van der Waals surface area contributed by atoms with Gasteiger partial charge in [-0.15, -0.1) is 10.2 Å². The molecule has 0 spiro atoms. The van der Waals surface area contributed by atoms with Crippen LogP contribution in [0.3, 0.4) is 0 Å². The molecule has 0 unspecified atom stereocenters. The number of piperidine rings is 2. The van der Waals surface area contributed by atoms with E-state index in [0.29, 0.717) is 11.6 Å². The predicted molar refractivity (Wildman–Crippen MR) is 146 cm³/mol. The monoisotopic (exact) mass is 505 g/mol. The molecule has 8 heteroatoms. The summed E-state index contributed by atoms with van der Waals surface area (Å²) in [7, 11) is 0. The average Bonchev–Trinajstić information content (AvgIpc) is 3.59. The molecule has 2 fully saturated rings. The quantitative estimate of drug-likeness (QED) is 0.398. The topological polar surface area (TPSA) is 86.1 Å². The van der Waals surface area contributed by atoms with E-state index in [-0.39, 0.29) is 6.10 Å². The molecule has 8 nitrogen and oxygen atoms in total. The molecule has 1 N–H and O–H groups in total. The number of hydrogen-bond donors (Lipinski definition) is 1. The standard InChI is InChI=1S/C30H31N7O/c31-17-21-1-3-22(4-2-21)23-16-29-30-33-32-20-37(30)28-6-5-26(15-24(28)19-36(29)18-23)35-11-7-25(8-12-35)34-13-9-27(38)10-14-34/h1-6,15-16,18,20,25,27,38H,7-14,19H2. The zero-order valence-corrected chi connectivity index (χ0v) is 21.4. The van der Waals surface area contributed by atoms with Gasteiger partial charge >= 0.3 is 0 Å². The van der Waals surface area contributed by atoms with Gasteiger partial charge in [-0.2, -0.15) is 5.26 Å². The van der Waals surface area contributed by atoms with Crippen LogP contribution >= 0.6 is 0 Å². The molecule has 0 saturated carbocycles. The Hall–Kier alpha value is -3.93. The van der Waals surface area contributed by atoms with Gasteiger partial charge in [0, 0.05) is 56.2 Å². The number of nitriles is 1. The molecule has 0 aliphatic carbocycles. The van der Waals surface area contributed by atoms with Crippen LogP contribution in [0.25, 0.3) is 28.3 Å². The molecular formula is C30H31N7O. The fraction of sp³-hybridized carbons (Fsp3) is 0.367. The number of fused-ring (bicyclic) bond motifs is 5. The Labute approximate surface area is 222 Å². The van der Waals surface area contributed by atoms with Crippen molar-refractivity contribution in [2.75, 3.05) is 31.1 Å². The zero-order chi connectivity index (χ0) is 25.6. The van der Waals surface area contributed by atoms with Gasteiger partial charge in [-0.1, -0.05) is 12.1 Å². The number of aliphatic hydroxyl groups is 1. The van der Waals surface area contributed by atoms with Crippen LogP contribution < -0.4 is 4.90 Å². The predicted octanol–water partition coefficient (Wildman–Crippen LogP) is 4.06. The molecule has 0 amide bonds. The lowest BCUT2D eigenvalue weighted by atomic mass is 9.98. The number of anilines is 1. The molecule has 38 heavy (non-hydrogen) atoms. The molecule has 192 valence electrons. The summed E-state index contributed by atoms with van der Waals surface area (Å²) in [5.74, 6) is 0.837. The minimum Gasteiger partial charge on any atom is -0.393 e. The number of nitrogens with zero attached hydrogens (tertiary/aromatic N) is 7. The summed E-state index contributed by atoms with van der Waals surface area (Å²) in [5.41, 5.74) is 7.52. The highest BCUT2D eigenvalue weighted by Gasteiger charge is 2.28. The van der Waals surface area contributed by atoms with E-state index in [9.17, 15) is 5.11 Å². The number of likely N-dealkylation sites (tertiary alicyclic amines) is 1. The Morgan fingerprint density at radius 1 is 0.895 bits per heavy atom. The van der Waals surface area contributed by atoms with Crippen molar-refractivity contribution in [3.8, 4) is 34.4 Å². The third-order valence-electron chi connectivity index (χ3n) is 8.53. The van der Waals surface area contributed by atoms with Crippen molar-refractivity contribution in [2.45, 2.75) is 44.4 Å². The Kier molecular flexibility index (Phi) is 5.76. The van der Waals surface area contributed by atoms with Gasteiger partial charge in [-0.05, 0) is 73.2 Å². The number of rotatable bonds is 3. The molecule has 2 aromatic heterocycles. The van der Waals surface area contributed by atoms with Crippen LogP contribution in [0.4, 0.5) is 5.69 Å². The van der Waals surface area contributed by atoms with Crippen molar-refractivity contribution >= 4 is 5.69 Å². The van der Waals surface area contributed by atoms with Gasteiger partial charge in [0.2, 0.25) is 0 Å². The van der Waals surface area contributed by atoms with Crippen molar-refractivity contribution < 1.29 is 5.11 Å². The largest absolute Gasteiger partial charge is 0.393 e. The van der Waals surface area contributed by atoms with Crippen molar-refractivity contribution in [2.24, 2.45) is 0 Å². The lowest BCUT2D eigenvalue weighted by Gasteiger charge is -2.41. The summed E-state index contributed by atoms with van der Waals surface area (Å²) >= 11 is 0. The van der Waals surface area contributed by atoms with Crippen molar-refractivity contribution in [1.82, 2.24) is 24.2 Å². The SMILES string of the molecule is N#Cc1ccc(-c2cc3n(c2)Cc2cc(N4CCC(N5CCC(O)CC5)CC4)ccc2-n2cnnc2-3)cc1. The Balaban J connectivity index is 1.15. The summed E-state index contributed by atoms with van der Waals surface area (Å²) in [6, 6.07) is 19.5. The second-order valence-corrected chi connectivity index (χ2v) is 10.8. The molecular weight excluding hydrogens is 474 g/mol. The van der Waals surface area contributed by atoms with Crippen molar-refractivity contribution in [1.29, 1.82) is 5.26 Å². The highest BCUT2D eigenvalue weighted by atomic mass is 16.3. The summed E-state index contributed by atoms with van der Waals surface area (Å²) in [4.78, 5) is 5.11. The van der Waals surface area contributed by atoms with Crippen molar-refractivity contribution in [3.05, 3.63) is 72.2 Å². The third kappa shape index (κ3) is 4.08. The van der Waals surface area contributed by atoms with Gasteiger partial charge in [0.25, 0.3) is 0 Å². The molecule has 0 radical (unpaired) electrons. The third-order valence-corrected chi connectivity index (χ3v) is 8.53. The normalized spacial score (nSPS) is 18.4. The molecule has 3 aliphatic rings. The van der Waals surface area contributed by atoms with Gasteiger partial charge in [0.15, 0.2) is 5.82 Å². The van der Waals surface area contributed by atoms with Crippen LogP contribution in [-0.4, -0.2) is 67.7 Å². The highest BCUT2D eigenvalue weighted by molar-refractivity contribution is 5.72. The van der Waals surface area contributed by atoms with Crippen LogP contribution in [-0.2, 0) is 6.54 Å². The molecule has 7 rings (SSSR count). The van der Waals surface area contributed by atoms with Crippen LogP contribution in [0.2, 0.25) is 0 Å². The minimum atomic E-state index is -0.113. The molecule has 0 bridgehead atoms. The van der Waals surface area contributed by atoms with E-state index in [1.165, 1.54) is 24.1 Å². The zero-order valence-electron chi connectivity index (χ0n) is 21.4. The lowest BCUT2D eigenvalue weighted by molar-refractivity contribution is 0.0542. The van der Waals surface area contributed by atoms with E-state index in [1.807, 2.05) is 24.3 Å². The summed E-state index contributed by atoms with van der Waals surface area (Å²) in [6.45, 7) is 4.91. The molecule has 5 heterocycles. The minimum absolute atomic E-state index is 0.113. The molecule has 2 saturated heterocycles. The number of benzene rings is 2. The van der Waals surface area contributed by atoms with Crippen LogP contribution in [0.5, 0.6) is 0 Å². The van der Waals surface area contributed by atoms with E-state index in [0.717, 1.165) is 73.9 Å². The second-order valence-electron chi connectivity index (χ2n) is 10.8. The number of aromatic nitrogens is 4. The van der Waals surface area contributed by atoms with E-state index in [4.69, 9.17) is 5.26 Å². The second kappa shape index (κ2) is 9.43. The number of hydrogen-bond acceptors (Lipinski definition) is 6. The molecule has 4 aromatic rings. The lowest BCUT2D eigenvalue weighted by Crippen LogP contribution is -2.48. The number of aliphatic hydroxyl groups excluding tert-OH is 1. The molecule has 2 aromatic carbocycles. The molecule has 0 atom stereocenters. The first-order valence-electron chi connectivity index (χ1n) is 13.6. The maximum atomic E-state index is 9.86. The van der Waals surface area contributed by atoms with Crippen LogP contribution in [0, 0.1) is 11.3 Å². The van der Waals surface area contributed by atoms with Gasteiger partial charge < -0.3 is 19.5 Å². The highest BCUT2D eigenvalue weighted by Crippen LogP contribution is 2.35. The smallest absolute Gasteiger partial charge is 0.185 e. The van der Waals surface area contributed by atoms with Crippen LogP contribution in [0.1, 0.15) is 36.8 Å². The molecule has 3 aliphatic heterocycles. The van der Waals surface area contributed by atoms with E-state index < -0.39 is 0 Å². The van der Waals surface area contributed by atoms with Gasteiger partial charge in [0.1, 0.15) is 6.33 Å². The van der Waals surface area contributed by atoms with E-state index in [2.05, 4.69) is 65.7 Å².